The third kappa shape index (κ3) is 7.24. The molecule has 1 aromatic heterocycles. The van der Waals surface area contributed by atoms with Crippen LogP contribution in [0.5, 0.6) is 0 Å². The van der Waals surface area contributed by atoms with Crippen LogP contribution in [0.3, 0.4) is 0 Å². The van der Waals surface area contributed by atoms with Crippen LogP contribution in [0.2, 0.25) is 0 Å². The first kappa shape index (κ1) is 21.8. The molecule has 0 aliphatic carbocycles. The van der Waals surface area contributed by atoms with E-state index in [0.717, 1.165) is 47.2 Å². The van der Waals surface area contributed by atoms with Gasteiger partial charge in [-0.15, -0.1) is 0 Å². The van der Waals surface area contributed by atoms with Gasteiger partial charge in [-0.05, 0) is 43.7 Å². The van der Waals surface area contributed by atoms with Gasteiger partial charge >= 0.3 is 0 Å². The van der Waals surface area contributed by atoms with Gasteiger partial charge in [-0.2, -0.15) is 11.8 Å². The summed E-state index contributed by atoms with van der Waals surface area (Å²) in [6.07, 6.45) is 1.63. The van der Waals surface area contributed by atoms with E-state index in [-0.39, 0.29) is 0 Å². The van der Waals surface area contributed by atoms with Crippen molar-refractivity contribution in [2.24, 2.45) is 0 Å². The van der Waals surface area contributed by atoms with Crippen molar-refractivity contribution in [2.45, 2.75) is 32.9 Å². The molecule has 1 heterocycles. The predicted octanol–water partition coefficient (Wildman–Crippen LogP) is 5.19. The van der Waals surface area contributed by atoms with E-state index in [9.17, 15) is 4.79 Å². The molecule has 1 N–H and O–H groups in total. The molecule has 0 aliphatic heterocycles. The van der Waals surface area contributed by atoms with E-state index in [1.165, 1.54) is 11.1 Å². The minimum Gasteiger partial charge on any atom is -0.441 e. The summed E-state index contributed by atoms with van der Waals surface area (Å²) >= 11 is 1.86. The topological polar surface area (TPSA) is 55.1 Å². The molecule has 0 spiro atoms. The van der Waals surface area contributed by atoms with Crippen molar-refractivity contribution in [1.29, 1.82) is 0 Å². The largest absolute Gasteiger partial charge is 0.441 e. The van der Waals surface area contributed by atoms with Crippen LogP contribution in [0.25, 0.3) is 11.5 Å². The first-order valence-electron chi connectivity index (χ1n) is 9.46. The number of carbonyl (C=O) groups excluding carboxylic acids is 1. The molecular formula is C23H28N2O2S. The van der Waals surface area contributed by atoms with Crippen molar-refractivity contribution < 1.29 is 9.21 Å². The molecule has 0 saturated carbocycles. The van der Waals surface area contributed by atoms with Gasteiger partial charge < -0.3 is 9.73 Å². The summed E-state index contributed by atoms with van der Waals surface area (Å²) < 4.78 is 5.71. The van der Waals surface area contributed by atoms with Crippen molar-refractivity contribution in [1.82, 2.24) is 10.3 Å². The van der Waals surface area contributed by atoms with Gasteiger partial charge in [-0.3, -0.25) is 4.79 Å². The Balaban J connectivity index is 0.000000221. The molecule has 0 unspecified atom stereocenters. The first-order valence-corrected chi connectivity index (χ1v) is 10.6. The molecule has 5 heteroatoms. The zero-order valence-corrected chi connectivity index (χ0v) is 17.6. The van der Waals surface area contributed by atoms with Crippen molar-refractivity contribution in [3.8, 4) is 11.5 Å². The number of nitrogens with zero attached hydrogens (tertiary/aromatic N) is 1. The van der Waals surface area contributed by atoms with E-state index in [1.54, 1.807) is 0 Å². The van der Waals surface area contributed by atoms with E-state index in [4.69, 9.17) is 4.42 Å². The summed E-state index contributed by atoms with van der Waals surface area (Å²) in [4.78, 5) is 14.4. The van der Waals surface area contributed by atoms with Crippen LogP contribution < -0.4 is 5.32 Å². The molecule has 4 nitrogen and oxygen atoms in total. The second-order valence-corrected chi connectivity index (χ2v) is 7.61. The molecular weight excluding hydrogens is 368 g/mol. The highest BCUT2D eigenvalue weighted by Gasteiger charge is 2.10. The Morgan fingerprint density at radius 2 is 1.79 bits per heavy atom. The summed E-state index contributed by atoms with van der Waals surface area (Å²) in [7, 11) is 0. The highest BCUT2D eigenvalue weighted by atomic mass is 32.2. The van der Waals surface area contributed by atoms with Gasteiger partial charge in [0.2, 0.25) is 12.3 Å². The number of benzene rings is 2. The number of oxazole rings is 1. The number of thioether (sulfide) groups is 1. The van der Waals surface area contributed by atoms with Gasteiger partial charge in [0.15, 0.2) is 0 Å². The van der Waals surface area contributed by atoms with Crippen LogP contribution >= 0.6 is 11.8 Å². The Morgan fingerprint density at radius 1 is 1.07 bits per heavy atom. The molecule has 0 radical (unpaired) electrons. The van der Waals surface area contributed by atoms with Gasteiger partial charge in [0.25, 0.3) is 0 Å². The van der Waals surface area contributed by atoms with E-state index in [1.807, 2.05) is 49.0 Å². The highest BCUT2D eigenvalue weighted by Crippen LogP contribution is 2.24. The van der Waals surface area contributed by atoms with Crippen molar-refractivity contribution in [2.75, 3.05) is 12.3 Å². The third-order valence-corrected chi connectivity index (χ3v) is 5.00. The Morgan fingerprint density at radius 3 is 2.43 bits per heavy atom. The predicted molar refractivity (Wildman–Crippen MR) is 117 cm³/mol. The average Bonchev–Trinajstić information content (AvgIpc) is 3.09. The van der Waals surface area contributed by atoms with Crippen LogP contribution in [0.1, 0.15) is 29.5 Å². The molecule has 0 bridgehead atoms. The number of aryl methyl sites for hydroxylation is 2. The normalized spacial score (nSPS) is 10.1. The van der Waals surface area contributed by atoms with Crippen molar-refractivity contribution >= 4 is 18.2 Å². The van der Waals surface area contributed by atoms with Crippen molar-refractivity contribution in [3.05, 3.63) is 77.2 Å². The molecule has 28 heavy (non-hydrogen) atoms. The quantitative estimate of drug-likeness (QED) is 0.421. The zero-order valence-electron chi connectivity index (χ0n) is 16.8. The lowest BCUT2D eigenvalue weighted by atomic mass is 10.1. The van der Waals surface area contributed by atoms with Gasteiger partial charge in [0.05, 0.1) is 5.69 Å². The minimum atomic E-state index is 0.716. The molecule has 0 saturated heterocycles. The monoisotopic (exact) mass is 396 g/mol. The maximum absolute atomic E-state index is 9.88. The number of hydrogen-bond acceptors (Lipinski definition) is 4. The molecule has 0 aliphatic rings. The molecule has 2 aromatic carbocycles. The Labute approximate surface area is 171 Å². The number of carbonyl (C=O) groups is 1. The second-order valence-electron chi connectivity index (χ2n) is 6.33. The Hall–Kier alpha value is -2.53. The number of hydrogen-bond donors (Lipinski definition) is 1. The van der Waals surface area contributed by atoms with Crippen LogP contribution in [-0.2, 0) is 17.0 Å². The number of nitrogens with one attached hydrogen (secondary N) is 1. The van der Waals surface area contributed by atoms with E-state index in [2.05, 4.69) is 48.4 Å². The average molecular weight is 397 g/mol. The van der Waals surface area contributed by atoms with Gasteiger partial charge in [-0.1, -0.05) is 55.0 Å². The highest BCUT2D eigenvalue weighted by molar-refractivity contribution is 7.98. The lowest BCUT2D eigenvalue weighted by molar-refractivity contribution is -0.109. The summed E-state index contributed by atoms with van der Waals surface area (Å²) in [5.41, 5.74) is 4.61. The summed E-state index contributed by atoms with van der Waals surface area (Å²) in [6, 6.07) is 18.3. The smallest absolute Gasteiger partial charge is 0.226 e. The Kier molecular flexibility index (Phi) is 9.35. The first-order chi connectivity index (χ1) is 13.6. The minimum absolute atomic E-state index is 0.716. The van der Waals surface area contributed by atoms with Gasteiger partial charge in [-0.25, -0.2) is 4.98 Å². The standard InChI is InChI=1S/C14H17NOS.C9H11NO/c1-4-17-9-13-11(3)16-14(15-13)12-7-5-10(2)6-8-12;11-8-10-7-6-9-4-2-1-3-5-9/h5-8H,4,9H2,1-3H3;1-5,8H,6-7H2,(H,10,11). The number of rotatable bonds is 8. The maximum atomic E-state index is 9.88. The van der Waals surface area contributed by atoms with E-state index >= 15 is 0 Å². The summed E-state index contributed by atoms with van der Waals surface area (Å²) in [5.74, 6) is 3.69. The molecule has 3 rings (SSSR count). The molecule has 0 fully saturated rings. The van der Waals surface area contributed by atoms with E-state index < -0.39 is 0 Å². The molecule has 148 valence electrons. The molecule has 1 amide bonds. The SMILES string of the molecule is CCSCc1nc(-c2ccc(C)cc2)oc1C.O=CNCCc1ccccc1. The van der Waals surface area contributed by atoms with E-state index in [0.29, 0.717) is 6.54 Å². The number of amides is 1. The van der Waals surface area contributed by atoms with Crippen LogP contribution in [0.15, 0.2) is 59.0 Å². The van der Waals surface area contributed by atoms with Crippen LogP contribution in [0, 0.1) is 13.8 Å². The molecule has 0 atom stereocenters. The Bertz CT molecular complexity index is 830. The lowest BCUT2D eigenvalue weighted by Gasteiger charge is -1.98. The summed E-state index contributed by atoms with van der Waals surface area (Å²) in [5, 5.41) is 2.62. The third-order valence-electron chi connectivity index (χ3n) is 4.12. The maximum Gasteiger partial charge on any atom is 0.226 e. The second kappa shape index (κ2) is 12.0. The molecule has 3 aromatic rings. The lowest BCUT2D eigenvalue weighted by Crippen LogP contribution is -2.14. The van der Waals surface area contributed by atoms with Gasteiger partial charge in [0, 0.05) is 17.9 Å². The zero-order chi connectivity index (χ0) is 20.2. The fraction of sp³-hybridized carbons (Fsp3) is 0.304. The van der Waals surface area contributed by atoms with Crippen LogP contribution in [0.4, 0.5) is 0 Å². The summed E-state index contributed by atoms with van der Waals surface area (Å²) in [6.45, 7) is 6.93. The number of aromatic nitrogens is 1. The van der Waals surface area contributed by atoms with Crippen LogP contribution in [-0.4, -0.2) is 23.7 Å². The van der Waals surface area contributed by atoms with Crippen molar-refractivity contribution in [3.63, 3.8) is 0 Å². The fourth-order valence-electron chi connectivity index (χ4n) is 2.50. The van der Waals surface area contributed by atoms with Gasteiger partial charge in [0.1, 0.15) is 5.76 Å². The fourth-order valence-corrected chi connectivity index (χ4v) is 3.17.